The summed E-state index contributed by atoms with van der Waals surface area (Å²) in [6.45, 7) is 6.49. The molecule has 0 spiro atoms. The van der Waals surface area contributed by atoms with E-state index in [0.29, 0.717) is 23.5 Å². The van der Waals surface area contributed by atoms with E-state index in [-0.39, 0.29) is 0 Å². The first-order chi connectivity index (χ1) is 4.66. The van der Waals surface area contributed by atoms with Gasteiger partial charge in [-0.15, -0.1) is 0 Å². The van der Waals surface area contributed by atoms with Crippen molar-refractivity contribution >= 4 is 5.78 Å². The molecule has 0 N–H and O–H groups in total. The third-order valence-corrected chi connectivity index (χ3v) is 2.91. The molecule has 0 aliphatic heterocycles. The molecule has 10 heavy (non-hydrogen) atoms. The van der Waals surface area contributed by atoms with Gasteiger partial charge in [-0.25, -0.2) is 0 Å². The fraction of sp³-hybridized carbons (Fsp3) is 0.889. The average molecular weight is 140 g/mol. The Morgan fingerprint density at radius 3 is 2.30 bits per heavy atom. The highest BCUT2D eigenvalue weighted by Crippen LogP contribution is 2.35. The number of rotatable bonds is 1. The number of ketones is 1. The van der Waals surface area contributed by atoms with Crippen molar-refractivity contribution in [3.8, 4) is 0 Å². The molecule has 58 valence electrons. The van der Waals surface area contributed by atoms with Crippen LogP contribution >= 0.6 is 0 Å². The first-order valence-corrected chi connectivity index (χ1v) is 4.19. The molecule has 1 saturated carbocycles. The van der Waals surface area contributed by atoms with Crippen LogP contribution in [0.25, 0.3) is 0 Å². The van der Waals surface area contributed by atoms with E-state index in [1.165, 1.54) is 0 Å². The average Bonchev–Trinajstić information content (AvgIpc) is 2.09. The number of hydrogen-bond donors (Lipinski definition) is 0. The highest BCUT2D eigenvalue weighted by molar-refractivity contribution is 5.83. The molecule has 0 aromatic heterocycles. The minimum Gasteiger partial charge on any atom is -0.299 e. The third kappa shape index (κ3) is 1.09. The summed E-state index contributed by atoms with van der Waals surface area (Å²) in [6.07, 6.45) is 1.85. The lowest BCUT2D eigenvalue weighted by Crippen LogP contribution is -2.12. The van der Waals surface area contributed by atoms with Gasteiger partial charge < -0.3 is 0 Å². The smallest absolute Gasteiger partial charge is 0.136 e. The maximum Gasteiger partial charge on any atom is 0.136 e. The van der Waals surface area contributed by atoms with Crippen LogP contribution in [0.3, 0.4) is 0 Å². The summed E-state index contributed by atoms with van der Waals surface area (Å²) >= 11 is 0. The van der Waals surface area contributed by atoms with Crippen molar-refractivity contribution in [2.75, 3.05) is 0 Å². The van der Waals surface area contributed by atoms with Gasteiger partial charge in [0, 0.05) is 12.3 Å². The zero-order chi connectivity index (χ0) is 7.72. The van der Waals surface area contributed by atoms with Crippen molar-refractivity contribution in [1.29, 1.82) is 0 Å². The van der Waals surface area contributed by atoms with E-state index in [9.17, 15) is 4.79 Å². The molecule has 0 bridgehead atoms. The number of Topliss-reactive ketones (excluding diaryl/α,β-unsaturated/α-hetero) is 1. The normalized spacial score (nSPS) is 40.7. The molecule has 1 rings (SSSR count). The van der Waals surface area contributed by atoms with Crippen LogP contribution in [0.1, 0.15) is 33.6 Å². The molecule has 0 unspecified atom stereocenters. The summed E-state index contributed by atoms with van der Waals surface area (Å²) in [5.41, 5.74) is 0. The van der Waals surface area contributed by atoms with E-state index in [1.54, 1.807) is 0 Å². The van der Waals surface area contributed by atoms with Crippen molar-refractivity contribution in [3.05, 3.63) is 0 Å². The second-order valence-electron chi connectivity index (χ2n) is 3.52. The Balaban J connectivity index is 2.64. The molecule has 0 heterocycles. The standard InChI is InChI=1S/C9H16O/c1-4-8-7(3)6(2)5-9(8)10/h6-8H,4-5H2,1-3H3/t6-,7-,8+/m0/s1. The van der Waals surface area contributed by atoms with Crippen LogP contribution in [0.5, 0.6) is 0 Å². The van der Waals surface area contributed by atoms with E-state index < -0.39 is 0 Å². The molecule has 3 atom stereocenters. The van der Waals surface area contributed by atoms with Crippen molar-refractivity contribution in [2.24, 2.45) is 17.8 Å². The summed E-state index contributed by atoms with van der Waals surface area (Å²) in [6, 6.07) is 0. The Morgan fingerprint density at radius 1 is 1.50 bits per heavy atom. The van der Waals surface area contributed by atoms with E-state index in [4.69, 9.17) is 0 Å². The molecule has 0 saturated heterocycles. The lowest BCUT2D eigenvalue weighted by molar-refractivity contribution is -0.121. The summed E-state index contributed by atoms with van der Waals surface area (Å²) in [4.78, 5) is 11.2. The zero-order valence-corrected chi connectivity index (χ0v) is 7.05. The minimum atomic E-state index is 0.370. The van der Waals surface area contributed by atoms with Crippen LogP contribution in [-0.2, 0) is 4.79 Å². The van der Waals surface area contributed by atoms with Gasteiger partial charge in [0.05, 0.1) is 0 Å². The van der Waals surface area contributed by atoms with Crippen molar-refractivity contribution in [1.82, 2.24) is 0 Å². The fourth-order valence-electron chi connectivity index (χ4n) is 1.94. The van der Waals surface area contributed by atoms with Crippen molar-refractivity contribution in [2.45, 2.75) is 33.6 Å². The van der Waals surface area contributed by atoms with E-state index >= 15 is 0 Å². The van der Waals surface area contributed by atoms with Crippen molar-refractivity contribution < 1.29 is 4.79 Å². The van der Waals surface area contributed by atoms with Gasteiger partial charge in [0.25, 0.3) is 0 Å². The topological polar surface area (TPSA) is 17.1 Å². The Kier molecular flexibility index (Phi) is 2.12. The molecule has 1 heteroatoms. The van der Waals surface area contributed by atoms with Gasteiger partial charge in [0.1, 0.15) is 5.78 Å². The molecule has 0 aromatic rings. The lowest BCUT2D eigenvalue weighted by Gasteiger charge is -2.13. The maximum absolute atomic E-state index is 11.2. The maximum atomic E-state index is 11.2. The highest BCUT2D eigenvalue weighted by Gasteiger charge is 2.35. The first-order valence-electron chi connectivity index (χ1n) is 4.19. The Morgan fingerprint density at radius 2 is 2.10 bits per heavy atom. The molecule has 0 radical (unpaired) electrons. The zero-order valence-electron chi connectivity index (χ0n) is 7.05. The van der Waals surface area contributed by atoms with Crippen LogP contribution < -0.4 is 0 Å². The molecule has 1 aliphatic carbocycles. The monoisotopic (exact) mass is 140 g/mol. The lowest BCUT2D eigenvalue weighted by atomic mass is 9.91. The first kappa shape index (κ1) is 7.77. The number of carbonyl (C=O) groups is 1. The fourth-order valence-corrected chi connectivity index (χ4v) is 1.94. The summed E-state index contributed by atoms with van der Waals surface area (Å²) in [5, 5.41) is 0. The highest BCUT2D eigenvalue weighted by atomic mass is 16.1. The summed E-state index contributed by atoms with van der Waals surface area (Å²) in [5.74, 6) is 2.10. The molecule has 1 fully saturated rings. The predicted molar refractivity (Wildman–Crippen MR) is 41.7 cm³/mol. The van der Waals surface area contributed by atoms with Gasteiger partial charge in [0.15, 0.2) is 0 Å². The van der Waals surface area contributed by atoms with Crippen LogP contribution in [0, 0.1) is 17.8 Å². The molecule has 1 nitrogen and oxygen atoms in total. The number of carbonyl (C=O) groups excluding carboxylic acids is 1. The Hall–Kier alpha value is -0.330. The Bertz CT molecular complexity index is 140. The van der Waals surface area contributed by atoms with Crippen LogP contribution in [0.15, 0.2) is 0 Å². The van der Waals surface area contributed by atoms with Gasteiger partial charge in [-0.05, 0) is 18.3 Å². The van der Waals surface area contributed by atoms with Crippen LogP contribution in [-0.4, -0.2) is 5.78 Å². The van der Waals surface area contributed by atoms with Crippen LogP contribution in [0.4, 0.5) is 0 Å². The minimum absolute atomic E-state index is 0.370. The van der Waals surface area contributed by atoms with Crippen molar-refractivity contribution in [3.63, 3.8) is 0 Å². The molecular formula is C9H16O. The molecular weight excluding hydrogens is 124 g/mol. The second-order valence-corrected chi connectivity index (χ2v) is 3.52. The van der Waals surface area contributed by atoms with Gasteiger partial charge in [-0.2, -0.15) is 0 Å². The van der Waals surface area contributed by atoms with E-state index in [2.05, 4.69) is 20.8 Å². The second kappa shape index (κ2) is 2.73. The largest absolute Gasteiger partial charge is 0.299 e. The van der Waals surface area contributed by atoms with Gasteiger partial charge in [-0.3, -0.25) is 4.79 Å². The van der Waals surface area contributed by atoms with Gasteiger partial charge >= 0.3 is 0 Å². The molecule has 1 aliphatic rings. The van der Waals surface area contributed by atoms with E-state index in [1.807, 2.05) is 0 Å². The summed E-state index contributed by atoms with van der Waals surface area (Å²) < 4.78 is 0. The third-order valence-electron chi connectivity index (χ3n) is 2.91. The number of hydrogen-bond acceptors (Lipinski definition) is 1. The van der Waals surface area contributed by atoms with E-state index in [0.717, 1.165) is 12.8 Å². The molecule has 0 aromatic carbocycles. The predicted octanol–water partition coefficient (Wildman–Crippen LogP) is 2.26. The Labute approximate surface area is 62.8 Å². The van der Waals surface area contributed by atoms with Crippen LogP contribution in [0.2, 0.25) is 0 Å². The summed E-state index contributed by atoms with van der Waals surface area (Å²) in [7, 11) is 0. The SMILES string of the molecule is CC[C@H]1C(=O)C[C@H](C)[C@@H]1C. The van der Waals surface area contributed by atoms with Gasteiger partial charge in [0.2, 0.25) is 0 Å². The van der Waals surface area contributed by atoms with Gasteiger partial charge in [-0.1, -0.05) is 20.8 Å². The molecule has 0 amide bonds. The quantitative estimate of drug-likeness (QED) is 0.546.